The molecule has 1 aromatic rings. The number of aliphatic hydroxyl groups excluding tert-OH is 1. The summed E-state index contributed by atoms with van der Waals surface area (Å²) in [4.78, 5) is 10.3. The Morgan fingerprint density at radius 3 is 2.52 bits per heavy atom. The molecule has 1 aromatic carbocycles. The Morgan fingerprint density at radius 2 is 1.95 bits per heavy atom. The number of aliphatic hydroxyl groups is 1. The second-order valence-corrected chi connectivity index (χ2v) is 7.35. The largest absolute Gasteiger partial charge is 0.507 e. The lowest BCUT2D eigenvalue weighted by molar-refractivity contribution is 0.0143. The molecule has 0 radical (unpaired) electrons. The summed E-state index contributed by atoms with van der Waals surface area (Å²) in [6, 6.07) is 5.81. The summed E-state index contributed by atoms with van der Waals surface area (Å²) in [6.45, 7) is 0. The van der Waals surface area contributed by atoms with Crippen LogP contribution in [-0.2, 0) is 0 Å². The van der Waals surface area contributed by atoms with E-state index in [1.807, 2.05) is 0 Å². The molecule has 5 atom stereocenters. The molecule has 5 aliphatic rings. The highest BCUT2D eigenvalue weighted by Crippen LogP contribution is 2.87. The van der Waals surface area contributed by atoms with Gasteiger partial charge in [-0.05, 0) is 61.5 Å². The van der Waals surface area contributed by atoms with E-state index in [9.17, 15) is 9.90 Å². The Bertz CT molecular complexity index is 613. The first kappa shape index (κ1) is 13.1. The molecule has 5 saturated carbocycles. The molecule has 4 bridgehead atoms. The summed E-state index contributed by atoms with van der Waals surface area (Å²) >= 11 is 0. The fraction of sp³-hybridized carbons (Fsp3) is 0.588. The molecular formula is C17H20O4. The van der Waals surface area contributed by atoms with Crippen LogP contribution < -0.4 is 0 Å². The van der Waals surface area contributed by atoms with E-state index in [4.69, 9.17) is 10.2 Å². The summed E-state index contributed by atoms with van der Waals surface area (Å²) in [5.41, 5.74) is 1.11. The SMILES string of the molecule is O=C(O)c1ccccc1O.OC1C2CC3CC4(C2)CC14C3. The van der Waals surface area contributed by atoms with Gasteiger partial charge >= 0.3 is 5.97 Å². The molecule has 21 heavy (non-hydrogen) atoms. The molecule has 5 fully saturated rings. The Balaban J connectivity index is 0.000000111. The average molecular weight is 288 g/mol. The van der Waals surface area contributed by atoms with Crippen molar-refractivity contribution in [2.75, 3.05) is 0 Å². The van der Waals surface area contributed by atoms with Gasteiger partial charge in [0, 0.05) is 5.41 Å². The Kier molecular flexibility index (Phi) is 2.51. The van der Waals surface area contributed by atoms with Crippen molar-refractivity contribution in [2.24, 2.45) is 22.7 Å². The van der Waals surface area contributed by atoms with E-state index < -0.39 is 5.97 Å². The fourth-order valence-electron chi connectivity index (χ4n) is 5.69. The normalized spacial score (nSPS) is 44.0. The van der Waals surface area contributed by atoms with Gasteiger partial charge in [-0.2, -0.15) is 0 Å². The van der Waals surface area contributed by atoms with Gasteiger partial charge in [-0.1, -0.05) is 12.1 Å². The van der Waals surface area contributed by atoms with Crippen molar-refractivity contribution in [1.82, 2.24) is 0 Å². The molecule has 5 aliphatic carbocycles. The summed E-state index contributed by atoms with van der Waals surface area (Å²) in [5, 5.41) is 27.3. The number of phenols is 1. The molecule has 6 rings (SSSR count). The minimum atomic E-state index is -1.11. The van der Waals surface area contributed by atoms with Crippen LogP contribution in [0.1, 0.15) is 42.5 Å². The fourth-order valence-corrected chi connectivity index (χ4v) is 5.69. The molecule has 4 heteroatoms. The number of benzene rings is 1. The quantitative estimate of drug-likeness (QED) is 0.742. The monoisotopic (exact) mass is 288 g/mol. The number of aromatic hydroxyl groups is 1. The minimum Gasteiger partial charge on any atom is -0.507 e. The molecule has 5 unspecified atom stereocenters. The van der Waals surface area contributed by atoms with Crippen LogP contribution >= 0.6 is 0 Å². The van der Waals surface area contributed by atoms with Crippen LogP contribution in [0.15, 0.2) is 24.3 Å². The van der Waals surface area contributed by atoms with E-state index in [2.05, 4.69) is 0 Å². The van der Waals surface area contributed by atoms with Gasteiger partial charge in [-0.25, -0.2) is 4.79 Å². The molecule has 0 aromatic heterocycles. The Morgan fingerprint density at radius 1 is 1.19 bits per heavy atom. The zero-order valence-electron chi connectivity index (χ0n) is 11.8. The van der Waals surface area contributed by atoms with Crippen LogP contribution in [-0.4, -0.2) is 27.4 Å². The molecule has 0 heterocycles. The summed E-state index contributed by atoms with van der Waals surface area (Å²) in [6.07, 6.45) is 7.08. The van der Waals surface area contributed by atoms with Crippen LogP contribution in [0.2, 0.25) is 0 Å². The standard InChI is InChI=1S/C10H14O.C7H6O3/c11-8-7-1-6-2-9(4-7)5-10(8,9)3-6;8-6-4-2-1-3-5(6)7(9)10/h6-8,11H,1-5H2;1-4,8H,(H,9,10). The zero-order valence-corrected chi connectivity index (χ0v) is 11.8. The van der Waals surface area contributed by atoms with Gasteiger partial charge in [0.25, 0.3) is 0 Å². The smallest absolute Gasteiger partial charge is 0.339 e. The Hall–Kier alpha value is -1.55. The van der Waals surface area contributed by atoms with Crippen molar-refractivity contribution < 1.29 is 20.1 Å². The first-order valence-corrected chi connectivity index (χ1v) is 7.67. The molecule has 0 saturated heterocycles. The lowest BCUT2D eigenvalue weighted by Gasteiger charge is -2.35. The number of hydrogen-bond donors (Lipinski definition) is 3. The van der Waals surface area contributed by atoms with E-state index in [-0.39, 0.29) is 17.4 Å². The molecule has 4 nitrogen and oxygen atoms in total. The third-order valence-electron chi connectivity index (χ3n) is 6.35. The van der Waals surface area contributed by atoms with Crippen molar-refractivity contribution in [3.05, 3.63) is 29.8 Å². The van der Waals surface area contributed by atoms with E-state index in [1.54, 1.807) is 12.1 Å². The number of carboxylic acids is 1. The molecule has 2 spiro atoms. The van der Waals surface area contributed by atoms with Crippen molar-refractivity contribution in [3.63, 3.8) is 0 Å². The second-order valence-electron chi connectivity index (χ2n) is 7.35. The first-order valence-electron chi connectivity index (χ1n) is 7.67. The third kappa shape index (κ3) is 1.62. The summed E-state index contributed by atoms with van der Waals surface area (Å²) < 4.78 is 0. The van der Waals surface area contributed by atoms with Crippen LogP contribution in [0, 0.1) is 22.7 Å². The number of para-hydroxylation sites is 1. The van der Waals surface area contributed by atoms with Gasteiger partial charge in [0.15, 0.2) is 0 Å². The molecular weight excluding hydrogens is 268 g/mol. The van der Waals surface area contributed by atoms with Crippen molar-refractivity contribution in [3.8, 4) is 5.75 Å². The molecule has 3 N–H and O–H groups in total. The highest BCUT2D eigenvalue weighted by molar-refractivity contribution is 5.90. The number of hydrogen-bond acceptors (Lipinski definition) is 3. The second kappa shape index (κ2) is 4.01. The van der Waals surface area contributed by atoms with Gasteiger partial charge in [0.2, 0.25) is 0 Å². The molecule has 0 aliphatic heterocycles. The highest BCUT2D eigenvalue weighted by atomic mass is 16.4. The van der Waals surface area contributed by atoms with Gasteiger partial charge < -0.3 is 15.3 Å². The van der Waals surface area contributed by atoms with Gasteiger partial charge in [0.1, 0.15) is 11.3 Å². The zero-order chi connectivity index (χ0) is 14.8. The Labute approximate surface area is 123 Å². The van der Waals surface area contributed by atoms with Crippen LogP contribution in [0.25, 0.3) is 0 Å². The maximum atomic E-state index is 10.3. The number of rotatable bonds is 1. The number of carboxylic acid groups (broad SMARTS) is 1. The minimum absolute atomic E-state index is 0.0671. The maximum absolute atomic E-state index is 10.3. The van der Waals surface area contributed by atoms with Crippen LogP contribution in [0.5, 0.6) is 5.75 Å². The van der Waals surface area contributed by atoms with E-state index in [0.29, 0.717) is 10.8 Å². The van der Waals surface area contributed by atoms with E-state index >= 15 is 0 Å². The maximum Gasteiger partial charge on any atom is 0.339 e. The summed E-state index contributed by atoms with van der Waals surface area (Å²) in [7, 11) is 0. The average Bonchev–Trinajstić information content (AvgIpc) is 2.90. The predicted molar refractivity (Wildman–Crippen MR) is 76.0 cm³/mol. The van der Waals surface area contributed by atoms with Crippen LogP contribution in [0.4, 0.5) is 0 Å². The van der Waals surface area contributed by atoms with Crippen molar-refractivity contribution in [2.45, 2.75) is 38.2 Å². The summed E-state index contributed by atoms with van der Waals surface area (Å²) in [5.74, 6) is 0.426. The lowest BCUT2D eigenvalue weighted by atomic mass is 9.72. The van der Waals surface area contributed by atoms with Crippen molar-refractivity contribution >= 4 is 5.97 Å². The van der Waals surface area contributed by atoms with Gasteiger partial charge in [-0.15, -0.1) is 0 Å². The van der Waals surface area contributed by atoms with Crippen molar-refractivity contribution in [1.29, 1.82) is 0 Å². The highest BCUT2D eigenvalue weighted by Gasteiger charge is 2.81. The third-order valence-corrected chi connectivity index (χ3v) is 6.35. The molecule has 112 valence electrons. The van der Waals surface area contributed by atoms with Crippen LogP contribution in [0.3, 0.4) is 0 Å². The number of carbonyl (C=O) groups is 1. The molecule has 0 amide bonds. The van der Waals surface area contributed by atoms with Gasteiger partial charge in [-0.3, -0.25) is 0 Å². The van der Waals surface area contributed by atoms with E-state index in [1.165, 1.54) is 44.2 Å². The predicted octanol–water partition coefficient (Wildman–Crippen LogP) is 2.65. The van der Waals surface area contributed by atoms with Gasteiger partial charge in [0.05, 0.1) is 6.10 Å². The van der Waals surface area contributed by atoms with E-state index in [0.717, 1.165) is 11.8 Å². The first-order chi connectivity index (χ1) is 9.97. The number of aromatic carboxylic acids is 1. The topological polar surface area (TPSA) is 77.8 Å². The lowest BCUT2D eigenvalue weighted by Crippen LogP contribution is -2.33.